The predicted octanol–water partition coefficient (Wildman–Crippen LogP) is 5.26. The second kappa shape index (κ2) is 10.1. The van der Waals surface area contributed by atoms with E-state index >= 15 is 0 Å². The number of nitrogen functional groups attached to an aromatic ring is 1. The fraction of sp³-hybridized carbons (Fsp3) is 0.0800. The smallest absolute Gasteiger partial charge is 0.257 e. The van der Waals surface area contributed by atoms with E-state index in [0.29, 0.717) is 34.8 Å². The molecule has 0 radical (unpaired) electrons. The van der Waals surface area contributed by atoms with Gasteiger partial charge < -0.3 is 15.8 Å². The standard InChI is InChI=1S/C25H22N6O2/c26-22-10-11-23(30-24(22)31-27)18-14-19(16-28-15-18)25(32)29-20-6-8-21(9-7-20)33-13-12-17-4-2-1-3-5-17/h1-11,14-16,27H,12-13,26H2,(H,29,32). The normalized spacial score (nSPS) is 10.4. The maximum atomic E-state index is 12.7. The van der Waals surface area contributed by atoms with Crippen molar-refractivity contribution in [2.75, 3.05) is 17.7 Å². The van der Waals surface area contributed by atoms with Crippen LogP contribution in [-0.4, -0.2) is 22.5 Å². The maximum Gasteiger partial charge on any atom is 0.257 e. The zero-order valence-corrected chi connectivity index (χ0v) is 17.7. The van der Waals surface area contributed by atoms with Crippen molar-refractivity contribution < 1.29 is 9.53 Å². The van der Waals surface area contributed by atoms with Crippen molar-refractivity contribution in [3.05, 3.63) is 96.3 Å². The summed E-state index contributed by atoms with van der Waals surface area (Å²) < 4.78 is 5.79. The van der Waals surface area contributed by atoms with Gasteiger partial charge >= 0.3 is 0 Å². The number of hydrogen-bond donors (Lipinski definition) is 3. The van der Waals surface area contributed by atoms with Crippen LogP contribution in [-0.2, 0) is 6.42 Å². The summed E-state index contributed by atoms with van der Waals surface area (Å²) in [5, 5.41) is 6.17. The third-order valence-corrected chi connectivity index (χ3v) is 4.92. The SMILES string of the molecule is N=Nc1nc(-c2cncc(C(=O)Nc3ccc(OCCc4ccccc4)cc3)c2)ccc1N. The fourth-order valence-corrected chi connectivity index (χ4v) is 3.18. The van der Waals surface area contributed by atoms with Crippen molar-refractivity contribution in [2.45, 2.75) is 6.42 Å². The van der Waals surface area contributed by atoms with Gasteiger partial charge in [-0.3, -0.25) is 9.78 Å². The lowest BCUT2D eigenvalue weighted by Crippen LogP contribution is -2.12. The van der Waals surface area contributed by atoms with Gasteiger partial charge in [-0.1, -0.05) is 30.3 Å². The number of nitrogens with one attached hydrogen (secondary N) is 2. The first-order valence-corrected chi connectivity index (χ1v) is 10.3. The number of ether oxygens (including phenoxy) is 1. The molecule has 164 valence electrons. The molecule has 0 atom stereocenters. The minimum absolute atomic E-state index is 0.119. The van der Waals surface area contributed by atoms with Crippen LogP contribution in [0.4, 0.5) is 17.2 Å². The molecule has 0 aliphatic heterocycles. The molecular weight excluding hydrogens is 416 g/mol. The largest absolute Gasteiger partial charge is 0.493 e. The fourth-order valence-electron chi connectivity index (χ4n) is 3.18. The van der Waals surface area contributed by atoms with Crippen LogP contribution in [0.25, 0.3) is 11.3 Å². The Balaban J connectivity index is 1.38. The number of benzene rings is 2. The Kier molecular flexibility index (Phi) is 6.65. The highest BCUT2D eigenvalue weighted by Crippen LogP contribution is 2.25. The zero-order valence-electron chi connectivity index (χ0n) is 17.7. The van der Waals surface area contributed by atoms with Gasteiger partial charge in [-0.15, -0.1) is 5.11 Å². The molecule has 0 saturated carbocycles. The number of rotatable bonds is 8. The van der Waals surface area contributed by atoms with E-state index in [9.17, 15) is 4.79 Å². The predicted molar refractivity (Wildman–Crippen MR) is 127 cm³/mol. The second-order valence-corrected chi connectivity index (χ2v) is 7.25. The summed E-state index contributed by atoms with van der Waals surface area (Å²) in [6.45, 7) is 0.572. The summed E-state index contributed by atoms with van der Waals surface area (Å²) in [5.41, 5.74) is 16.6. The van der Waals surface area contributed by atoms with Crippen molar-refractivity contribution in [2.24, 2.45) is 5.11 Å². The van der Waals surface area contributed by atoms with Gasteiger partial charge in [-0.05, 0) is 48.0 Å². The Morgan fingerprint density at radius 1 is 1.03 bits per heavy atom. The Morgan fingerprint density at radius 3 is 2.58 bits per heavy atom. The molecular formula is C25H22N6O2. The number of hydrogen-bond acceptors (Lipinski definition) is 7. The molecule has 0 fully saturated rings. The number of carbonyl (C=O) groups excluding carboxylic acids is 1. The van der Waals surface area contributed by atoms with Gasteiger partial charge in [0.1, 0.15) is 5.75 Å². The number of nitrogens with zero attached hydrogens (tertiary/aromatic N) is 3. The average molecular weight is 438 g/mol. The number of aromatic nitrogens is 2. The number of nitrogens with two attached hydrogens (primary N) is 1. The van der Waals surface area contributed by atoms with Gasteiger partial charge in [0.15, 0.2) is 5.82 Å². The van der Waals surface area contributed by atoms with Crippen LogP contribution in [0.3, 0.4) is 0 Å². The van der Waals surface area contributed by atoms with Gasteiger partial charge in [0.2, 0.25) is 0 Å². The van der Waals surface area contributed by atoms with Gasteiger partial charge in [0, 0.05) is 30.1 Å². The molecule has 8 heteroatoms. The Labute approximate surface area is 191 Å². The van der Waals surface area contributed by atoms with Crippen molar-refractivity contribution in [1.82, 2.24) is 9.97 Å². The molecule has 1 amide bonds. The molecule has 2 heterocycles. The van der Waals surface area contributed by atoms with E-state index in [4.69, 9.17) is 16.0 Å². The third-order valence-electron chi connectivity index (χ3n) is 4.92. The molecule has 2 aromatic heterocycles. The molecule has 8 nitrogen and oxygen atoms in total. The minimum atomic E-state index is -0.303. The number of amides is 1. The van der Waals surface area contributed by atoms with Crippen molar-refractivity contribution in [3.63, 3.8) is 0 Å². The topological polar surface area (TPSA) is 126 Å². The molecule has 4 N–H and O–H groups in total. The van der Waals surface area contributed by atoms with Crippen LogP contribution in [0.15, 0.2) is 90.3 Å². The lowest BCUT2D eigenvalue weighted by atomic mass is 10.1. The monoisotopic (exact) mass is 438 g/mol. The minimum Gasteiger partial charge on any atom is -0.493 e. The van der Waals surface area contributed by atoms with Crippen LogP contribution >= 0.6 is 0 Å². The number of anilines is 2. The Bertz CT molecular complexity index is 1260. The van der Waals surface area contributed by atoms with Crippen molar-refractivity contribution >= 4 is 23.1 Å². The van der Waals surface area contributed by atoms with E-state index in [0.717, 1.165) is 12.2 Å². The molecule has 0 bridgehead atoms. The average Bonchev–Trinajstić information content (AvgIpc) is 2.86. The van der Waals surface area contributed by atoms with E-state index in [2.05, 4.69) is 32.5 Å². The maximum absolute atomic E-state index is 12.7. The molecule has 2 aromatic carbocycles. The van der Waals surface area contributed by atoms with E-state index in [-0.39, 0.29) is 11.7 Å². The molecule has 0 unspecified atom stereocenters. The first-order valence-electron chi connectivity index (χ1n) is 10.3. The highest BCUT2D eigenvalue weighted by Gasteiger charge is 2.11. The number of pyridine rings is 2. The summed E-state index contributed by atoms with van der Waals surface area (Å²) in [6, 6.07) is 22.3. The van der Waals surface area contributed by atoms with Gasteiger partial charge in [-0.2, -0.15) is 0 Å². The number of carbonyl (C=O) groups is 1. The van der Waals surface area contributed by atoms with E-state index in [1.165, 1.54) is 11.8 Å². The Morgan fingerprint density at radius 2 is 1.82 bits per heavy atom. The first kappa shape index (κ1) is 21.6. The Hall–Kier alpha value is -4.59. The molecule has 4 rings (SSSR count). The van der Waals surface area contributed by atoms with Gasteiger partial charge in [-0.25, -0.2) is 10.5 Å². The molecule has 0 spiro atoms. The van der Waals surface area contributed by atoms with Crippen molar-refractivity contribution in [3.8, 4) is 17.0 Å². The lowest BCUT2D eigenvalue weighted by Gasteiger charge is -2.09. The van der Waals surface area contributed by atoms with Crippen LogP contribution in [0.2, 0.25) is 0 Å². The summed E-state index contributed by atoms with van der Waals surface area (Å²) in [5.74, 6) is 0.550. The summed E-state index contributed by atoms with van der Waals surface area (Å²) in [4.78, 5) is 21.1. The van der Waals surface area contributed by atoms with E-state index < -0.39 is 0 Å². The summed E-state index contributed by atoms with van der Waals surface area (Å²) >= 11 is 0. The zero-order chi connectivity index (χ0) is 23.0. The highest BCUT2D eigenvalue weighted by atomic mass is 16.5. The second-order valence-electron chi connectivity index (χ2n) is 7.25. The molecule has 0 aliphatic rings. The molecule has 4 aromatic rings. The lowest BCUT2D eigenvalue weighted by molar-refractivity contribution is 0.102. The molecule has 33 heavy (non-hydrogen) atoms. The highest BCUT2D eigenvalue weighted by molar-refractivity contribution is 6.04. The first-order chi connectivity index (χ1) is 16.1. The molecule has 0 saturated heterocycles. The van der Waals surface area contributed by atoms with Crippen LogP contribution in [0.5, 0.6) is 5.75 Å². The molecule has 0 aliphatic carbocycles. The van der Waals surface area contributed by atoms with Crippen LogP contribution in [0.1, 0.15) is 15.9 Å². The van der Waals surface area contributed by atoms with E-state index in [1.807, 2.05) is 30.3 Å². The van der Waals surface area contributed by atoms with Crippen molar-refractivity contribution in [1.29, 1.82) is 5.53 Å². The summed E-state index contributed by atoms with van der Waals surface area (Å²) in [7, 11) is 0. The van der Waals surface area contributed by atoms with Crippen LogP contribution in [0, 0.1) is 5.53 Å². The quantitative estimate of drug-likeness (QED) is 0.323. The van der Waals surface area contributed by atoms with Crippen LogP contribution < -0.4 is 15.8 Å². The third kappa shape index (κ3) is 5.56. The summed E-state index contributed by atoms with van der Waals surface area (Å²) in [6.07, 6.45) is 3.89. The van der Waals surface area contributed by atoms with Gasteiger partial charge in [0.05, 0.1) is 23.6 Å². The van der Waals surface area contributed by atoms with E-state index in [1.54, 1.807) is 36.5 Å². The van der Waals surface area contributed by atoms with Gasteiger partial charge in [0.25, 0.3) is 5.91 Å².